The lowest BCUT2D eigenvalue weighted by Crippen LogP contribution is -2.34. The van der Waals surface area contributed by atoms with E-state index in [0.29, 0.717) is 24.7 Å². The van der Waals surface area contributed by atoms with Crippen molar-refractivity contribution in [2.45, 2.75) is 25.3 Å². The molecule has 2 aromatic rings. The Kier molecular flexibility index (Phi) is 4.49. The highest BCUT2D eigenvalue weighted by Gasteiger charge is 2.29. The van der Waals surface area contributed by atoms with Gasteiger partial charge in [-0.05, 0) is 55.8 Å². The number of phenols is 1. The fourth-order valence-corrected chi connectivity index (χ4v) is 3.75. The lowest BCUT2D eigenvalue weighted by atomic mass is 9.93. The molecule has 2 heterocycles. The second-order valence-electron chi connectivity index (χ2n) is 6.58. The molecule has 2 aliphatic rings. The van der Waals surface area contributed by atoms with E-state index >= 15 is 0 Å². The van der Waals surface area contributed by atoms with Gasteiger partial charge in [0.1, 0.15) is 19.0 Å². The Morgan fingerprint density at radius 3 is 2.40 bits per heavy atom. The topological polar surface area (TPSA) is 41.9 Å². The molecule has 1 fully saturated rings. The van der Waals surface area contributed by atoms with Crippen LogP contribution in [0.5, 0.6) is 17.2 Å². The molecule has 1 N–H and O–H groups in total. The standard InChI is InChI=1S/C20H22FNO3/c21-15-6-4-14(5-7-15)18(22-10-2-1-3-11-22)16-8-9-17-20(19(16)23)25-13-12-24-17/h4-9,18,23H,1-3,10-13H2. The predicted octanol–water partition coefficient (Wildman–Crippen LogP) is 3.88. The van der Waals surface area contributed by atoms with Crippen molar-refractivity contribution in [3.05, 3.63) is 53.3 Å². The number of halogens is 1. The number of fused-ring (bicyclic) bond motifs is 1. The number of nitrogens with zero attached hydrogens (tertiary/aromatic N) is 1. The largest absolute Gasteiger partial charge is 0.504 e. The second-order valence-corrected chi connectivity index (χ2v) is 6.58. The summed E-state index contributed by atoms with van der Waals surface area (Å²) < 4.78 is 24.6. The average molecular weight is 343 g/mol. The molecular formula is C20H22FNO3. The third-order valence-corrected chi connectivity index (χ3v) is 4.95. The van der Waals surface area contributed by atoms with Crippen LogP contribution in [0.15, 0.2) is 36.4 Å². The molecule has 0 spiro atoms. The van der Waals surface area contributed by atoms with Crippen LogP contribution in [0.2, 0.25) is 0 Å². The first-order valence-corrected chi connectivity index (χ1v) is 8.85. The first-order chi connectivity index (χ1) is 12.2. The van der Waals surface area contributed by atoms with Gasteiger partial charge in [-0.1, -0.05) is 18.6 Å². The second kappa shape index (κ2) is 6.92. The van der Waals surface area contributed by atoms with Gasteiger partial charge in [0.05, 0.1) is 6.04 Å². The van der Waals surface area contributed by atoms with Crippen molar-refractivity contribution in [3.8, 4) is 17.2 Å². The van der Waals surface area contributed by atoms with E-state index in [2.05, 4.69) is 4.90 Å². The van der Waals surface area contributed by atoms with Crippen LogP contribution in [0, 0.1) is 5.82 Å². The Bertz CT molecular complexity index is 741. The van der Waals surface area contributed by atoms with E-state index < -0.39 is 0 Å². The monoisotopic (exact) mass is 343 g/mol. The van der Waals surface area contributed by atoms with E-state index in [1.807, 2.05) is 12.1 Å². The van der Waals surface area contributed by atoms with Crippen molar-refractivity contribution in [1.82, 2.24) is 4.90 Å². The van der Waals surface area contributed by atoms with Gasteiger partial charge >= 0.3 is 0 Å². The van der Waals surface area contributed by atoms with Gasteiger partial charge in [0.2, 0.25) is 5.75 Å². The summed E-state index contributed by atoms with van der Waals surface area (Å²) >= 11 is 0. The fourth-order valence-electron chi connectivity index (χ4n) is 3.75. The summed E-state index contributed by atoms with van der Waals surface area (Å²) in [5, 5.41) is 10.8. The van der Waals surface area contributed by atoms with Crippen LogP contribution in [0.3, 0.4) is 0 Å². The number of ether oxygens (including phenoxy) is 2. The minimum Gasteiger partial charge on any atom is -0.504 e. The molecule has 1 unspecified atom stereocenters. The molecule has 25 heavy (non-hydrogen) atoms. The zero-order valence-electron chi connectivity index (χ0n) is 14.1. The molecule has 0 amide bonds. The zero-order chi connectivity index (χ0) is 17.2. The summed E-state index contributed by atoms with van der Waals surface area (Å²) in [6, 6.07) is 10.2. The zero-order valence-corrected chi connectivity index (χ0v) is 14.1. The SMILES string of the molecule is Oc1c(C(c2ccc(F)cc2)N2CCCCC2)ccc2c1OCCO2. The Balaban J connectivity index is 1.78. The van der Waals surface area contributed by atoms with Crippen LogP contribution in [0.25, 0.3) is 0 Å². The Labute approximate surface area is 146 Å². The molecule has 2 aromatic carbocycles. The van der Waals surface area contributed by atoms with E-state index in [1.165, 1.54) is 18.6 Å². The van der Waals surface area contributed by atoms with Gasteiger partial charge in [-0.3, -0.25) is 4.90 Å². The number of rotatable bonds is 3. The maximum absolute atomic E-state index is 13.4. The molecule has 0 aliphatic carbocycles. The minimum absolute atomic E-state index is 0.122. The quantitative estimate of drug-likeness (QED) is 0.918. The molecule has 0 aromatic heterocycles. The van der Waals surface area contributed by atoms with E-state index in [1.54, 1.807) is 12.1 Å². The molecule has 0 bridgehead atoms. The number of phenolic OH excluding ortho intramolecular Hbond substituents is 1. The first kappa shape index (κ1) is 16.2. The molecule has 132 valence electrons. The summed E-state index contributed by atoms with van der Waals surface area (Å²) in [5.41, 5.74) is 1.74. The number of hydrogen-bond acceptors (Lipinski definition) is 4. The summed E-state index contributed by atoms with van der Waals surface area (Å²) in [7, 11) is 0. The third kappa shape index (κ3) is 3.16. The summed E-state index contributed by atoms with van der Waals surface area (Å²) in [6.45, 7) is 2.82. The van der Waals surface area contributed by atoms with Crippen molar-refractivity contribution in [2.75, 3.05) is 26.3 Å². The maximum Gasteiger partial charge on any atom is 0.203 e. The highest BCUT2D eigenvalue weighted by molar-refractivity contribution is 5.57. The molecule has 1 saturated heterocycles. The van der Waals surface area contributed by atoms with Gasteiger partial charge in [-0.2, -0.15) is 0 Å². The van der Waals surface area contributed by atoms with Crippen molar-refractivity contribution in [3.63, 3.8) is 0 Å². The van der Waals surface area contributed by atoms with Crippen molar-refractivity contribution >= 4 is 0 Å². The fraction of sp³-hybridized carbons (Fsp3) is 0.400. The summed E-state index contributed by atoms with van der Waals surface area (Å²) in [4.78, 5) is 2.35. The minimum atomic E-state index is -0.257. The highest BCUT2D eigenvalue weighted by atomic mass is 19.1. The van der Waals surface area contributed by atoms with E-state index in [0.717, 1.165) is 37.1 Å². The first-order valence-electron chi connectivity index (χ1n) is 8.85. The predicted molar refractivity (Wildman–Crippen MR) is 92.8 cm³/mol. The number of aromatic hydroxyl groups is 1. The summed E-state index contributed by atoms with van der Waals surface area (Å²) in [5.74, 6) is 0.849. The molecule has 0 radical (unpaired) electrons. The number of hydrogen-bond donors (Lipinski definition) is 1. The van der Waals surface area contributed by atoms with Crippen molar-refractivity contribution in [2.24, 2.45) is 0 Å². The lowest BCUT2D eigenvalue weighted by molar-refractivity contribution is 0.161. The van der Waals surface area contributed by atoms with Crippen LogP contribution in [-0.2, 0) is 0 Å². The summed E-state index contributed by atoms with van der Waals surface area (Å²) in [6.07, 6.45) is 3.48. The lowest BCUT2D eigenvalue weighted by Gasteiger charge is -2.36. The van der Waals surface area contributed by atoms with Crippen LogP contribution < -0.4 is 9.47 Å². The van der Waals surface area contributed by atoms with Crippen molar-refractivity contribution in [1.29, 1.82) is 0 Å². The third-order valence-electron chi connectivity index (χ3n) is 4.95. The van der Waals surface area contributed by atoms with Crippen molar-refractivity contribution < 1.29 is 19.0 Å². The number of benzene rings is 2. The normalized spacial score (nSPS) is 18.8. The Hall–Kier alpha value is -2.27. The van der Waals surface area contributed by atoms with Gasteiger partial charge < -0.3 is 14.6 Å². The number of likely N-dealkylation sites (tertiary alicyclic amines) is 1. The Morgan fingerprint density at radius 1 is 0.920 bits per heavy atom. The molecule has 1 atom stereocenters. The average Bonchev–Trinajstić information content (AvgIpc) is 2.66. The van der Waals surface area contributed by atoms with E-state index in [9.17, 15) is 9.50 Å². The van der Waals surface area contributed by atoms with Gasteiger partial charge in [0, 0.05) is 5.56 Å². The Morgan fingerprint density at radius 2 is 1.64 bits per heavy atom. The number of piperidine rings is 1. The molecule has 4 rings (SSSR count). The molecular weight excluding hydrogens is 321 g/mol. The van der Waals surface area contributed by atoms with E-state index in [-0.39, 0.29) is 17.6 Å². The van der Waals surface area contributed by atoms with Gasteiger partial charge in [-0.25, -0.2) is 4.39 Å². The van der Waals surface area contributed by atoms with Crippen LogP contribution in [0.1, 0.15) is 36.4 Å². The maximum atomic E-state index is 13.4. The highest BCUT2D eigenvalue weighted by Crippen LogP contribution is 2.46. The van der Waals surface area contributed by atoms with Gasteiger partial charge in [0.25, 0.3) is 0 Å². The van der Waals surface area contributed by atoms with E-state index in [4.69, 9.17) is 9.47 Å². The van der Waals surface area contributed by atoms with Crippen LogP contribution >= 0.6 is 0 Å². The van der Waals surface area contributed by atoms with Gasteiger partial charge in [-0.15, -0.1) is 0 Å². The van der Waals surface area contributed by atoms with Gasteiger partial charge in [0.15, 0.2) is 11.5 Å². The molecule has 5 heteroatoms. The molecule has 0 saturated carbocycles. The molecule has 2 aliphatic heterocycles. The van der Waals surface area contributed by atoms with Crippen LogP contribution in [0.4, 0.5) is 4.39 Å². The molecule has 4 nitrogen and oxygen atoms in total. The smallest absolute Gasteiger partial charge is 0.203 e. The van der Waals surface area contributed by atoms with Crippen LogP contribution in [-0.4, -0.2) is 36.3 Å².